The van der Waals surface area contributed by atoms with Gasteiger partial charge in [0.2, 0.25) is 0 Å². The number of carbonyl (C=O) groups excluding carboxylic acids is 2. The zero-order chi connectivity index (χ0) is 52.1. The Labute approximate surface area is 430 Å². The summed E-state index contributed by atoms with van der Waals surface area (Å²) in [5.74, 6) is -1.13. The largest absolute Gasteiger partial charge is 0.472 e. The molecule has 1 aliphatic rings. The Morgan fingerprint density at radius 2 is 0.803 bits per heavy atom. The molecule has 0 saturated heterocycles. The highest BCUT2D eigenvalue weighted by Gasteiger charge is 2.51. The standard InChI is InChI=1S/C57H101O13P/c1-3-5-7-9-11-13-15-17-19-21-23-24-25-26-28-29-31-33-35-37-39-41-43-45-50(58)67-47-49(48-68-71(65,66)70-57-55(63)53(61)52(60)54(62)56(57)64)69-51(59)46-44-42-40-38-36-34-32-30-27-22-20-18-16-14-12-10-8-6-4-2/h6,8,12,14,18,20,27,30,34,36,49,52-57,60-64H,3-5,7,9-11,13,15-17,19,21-26,28-29,31-33,35,37-48H2,1-2H3,(H,65,66)/b8-6+,14-12+,20-18+,30-27+,36-34+/t49-,52?,53-,54?,55?,56?,57?/m0/s1. The van der Waals surface area contributed by atoms with Gasteiger partial charge in [0.1, 0.15) is 43.2 Å². The minimum absolute atomic E-state index is 0.0570. The van der Waals surface area contributed by atoms with Gasteiger partial charge in [-0.2, -0.15) is 0 Å². The number of phosphoric ester groups is 1. The molecule has 0 aliphatic heterocycles. The van der Waals surface area contributed by atoms with E-state index in [1.165, 1.54) is 122 Å². The summed E-state index contributed by atoms with van der Waals surface area (Å²) in [4.78, 5) is 35.9. The van der Waals surface area contributed by atoms with Crippen LogP contribution in [-0.2, 0) is 32.7 Å². The summed E-state index contributed by atoms with van der Waals surface area (Å²) in [6.45, 7) is 3.20. The minimum atomic E-state index is -5.14. The average molecular weight is 1030 g/mol. The first kappa shape index (κ1) is 66.6. The lowest BCUT2D eigenvalue weighted by Gasteiger charge is -2.41. The second-order valence-electron chi connectivity index (χ2n) is 19.4. The third-order valence-electron chi connectivity index (χ3n) is 12.9. The van der Waals surface area contributed by atoms with Gasteiger partial charge in [0.15, 0.2) is 6.10 Å². The van der Waals surface area contributed by atoms with Gasteiger partial charge in [-0.25, -0.2) is 4.57 Å². The number of aliphatic hydroxyl groups excluding tert-OH is 5. The molecule has 71 heavy (non-hydrogen) atoms. The minimum Gasteiger partial charge on any atom is -0.462 e. The summed E-state index contributed by atoms with van der Waals surface area (Å²) in [5, 5.41) is 50.4. The van der Waals surface area contributed by atoms with E-state index in [0.717, 1.165) is 70.6 Å². The van der Waals surface area contributed by atoms with Gasteiger partial charge in [-0.05, 0) is 57.8 Å². The van der Waals surface area contributed by atoms with E-state index in [1.54, 1.807) is 0 Å². The predicted octanol–water partition coefficient (Wildman–Crippen LogP) is 12.8. The van der Waals surface area contributed by atoms with Crippen molar-refractivity contribution in [1.29, 1.82) is 0 Å². The number of rotatable bonds is 47. The van der Waals surface area contributed by atoms with Crippen LogP contribution in [0.15, 0.2) is 60.8 Å². The van der Waals surface area contributed by atoms with Crippen LogP contribution in [0.25, 0.3) is 0 Å². The quantitative estimate of drug-likeness (QED) is 0.0145. The number of unbranched alkanes of at least 4 members (excludes halogenated alkanes) is 25. The number of esters is 2. The molecule has 8 atom stereocenters. The van der Waals surface area contributed by atoms with Crippen LogP contribution in [-0.4, -0.2) is 98.3 Å². The molecule has 1 aliphatic carbocycles. The Morgan fingerprint density at radius 1 is 0.451 bits per heavy atom. The summed E-state index contributed by atoms with van der Waals surface area (Å²) in [5.41, 5.74) is 0. The lowest BCUT2D eigenvalue weighted by molar-refractivity contribution is -0.220. The molecule has 1 fully saturated rings. The van der Waals surface area contributed by atoms with Crippen LogP contribution in [0.1, 0.15) is 232 Å². The maximum Gasteiger partial charge on any atom is 0.472 e. The third-order valence-corrected chi connectivity index (χ3v) is 13.9. The number of aliphatic hydroxyl groups is 5. The second kappa shape index (κ2) is 46.1. The molecule has 1 rings (SSSR count). The first-order chi connectivity index (χ1) is 34.4. The first-order valence-corrected chi connectivity index (χ1v) is 29.6. The number of ether oxygens (including phenoxy) is 2. The normalized spacial score (nSPS) is 21.1. The molecule has 6 N–H and O–H groups in total. The highest BCUT2D eigenvalue weighted by Crippen LogP contribution is 2.47. The van der Waals surface area contributed by atoms with Crippen molar-refractivity contribution in [3.05, 3.63) is 60.8 Å². The topological polar surface area (TPSA) is 210 Å². The van der Waals surface area contributed by atoms with E-state index in [4.69, 9.17) is 18.5 Å². The fourth-order valence-corrected chi connectivity index (χ4v) is 9.41. The summed E-state index contributed by atoms with van der Waals surface area (Å²) >= 11 is 0. The van der Waals surface area contributed by atoms with Crippen molar-refractivity contribution in [2.24, 2.45) is 0 Å². The zero-order valence-corrected chi connectivity index (χ0v) is 45.2. The van der Waals surface area contributed by atoms with Crippen LogP contribution in [0.3, 0.4) is 0 Å². The fraction of sp³-hybridized carbons (Fsp3) is 0.789. The predicted molar refractivity (Wildman–Crippen MR) is 286 cm³/mol. The zero-order valence-electron chi connectivity index (χ0n) is 44.3. The third kappa shape index (κ3) is 37.9. The molecule has 13 nitrogen and oxygen atoms in total. The van der Waals surface area contributed by atoms with Gasteiger partial charge < -0.3 is 39.9 Å². The molecule has 0 aromatic rings. The van der Waals surface area contributed by atoms with Gasteiger partial charge in [-0.1, -0.05) is 222 Å². The lowest BCUT2D eigenvalue weighted by atomic mass is 9.85. The SMILES string of the molecule is CC/C=C/C/C=C/C/C=C/C/C=C/C/C=C/CCCCCC(=O)O[C@@H](COC(=O)CCCCCCCCCCCCCCCCCCCCCCCCC)COP(=O)(O)OC1C(O)C(O)C(O)[C@H](O)C1O. The summed E-state index contributed by atoms with van der Waals surface area (Å²) in [6.07, 6.45) is 45.6. The van der Waals surface area contributed by atoms with Gasteiger partial charge in [0.05, 0.1) is 6.61 Å². The number of hydrogen-bond donors (Lipinski definition) is 6. The summed E-state index contributed by atoms with van der Waals surface area (Å²) < 4.78 is 33.7. The molecular weight excluding hydrogens is 924 g/mol. The van der Waals surface area contributed by atoms with Crippen molar-refractivity contribution in [3.63, 3.8) is 0 Å². The molecule has 6 unspecified atom stereocenters. The monoisotopic (exact) mass is 1020 g/mol. The van der Waals surface area contributed by atoms with E-state index < -0.39 is 75.7 Å². The highest BCUT2D eigenvalue weighted by molar-refractivity contribution is 7.47. The lowest BCUT2D eigenvalue weighted by Crippen LogP contribution is -2.64. The van der Waals surface area contributed by atoms with E-state index in [1.807, 2.05) is 0 Å². The van der Waals surface area contributed by atoms with Crippen LogP contribution in [0.4, 0.5) is 0 Å². The molecule has 0 aromatic carbocycles. The molecule has 14 heteroatoms. The molecule has 0 aromatic heterocycles. The van der Waals surface area contributed by atoms with Gasteiger partial charge in [0, 0.05) is 12.8 Å². The van der Waals surface area contributed by atoms with E-state index >= 15 is 0 Å². The van der Waals surface area contributed by atoms with Crippen molar-refractivity contribution < 1.29 is 63.1 Å². The van der Waals surface area contributed by atoms with E-state index in [0.29, 0.717) is 12.8 Å². The number of hydrogen-bond acceptors (Lipinski definition) is 12. The molecule has 0 heterocycles. The van der Waals surface area contributed by atoms with E-state index in [-0.39, 0.29) is 12.8 Å². The average Bonchev–Trinajstić information content (AvgIpc) is 3.35. The van der Waals surface area contributed by atoms with Gasteiger partial charge >= 0.3 is 19.8 Å². The molecule has 412 valence electrons. The van der Waals surface area contributed by atoms with Crippen LogP contribution in [0.2, 0.25) is 0 Å². The van der Waals surface area contributed by atoms with Crippen molar-refractivity contribution >= 4 is 19.8 Å². The first-order valence-electron chi connectivity index (χ1n) is 28.1. The van der Waals surface area contributed by atoms with E-state index in [9.17, 15) is 44.6 Å². The van der Waals surface area contributed by atoms with Gasteiger partial charge in [0.25, 0.3) is 0 Å². The smallest absolute Gasteiger partial charge is 0.462 e. The maximum absolute atomic E-state index is 12.9. The van der Waals surface area contributed by atoms with Crippen molar-refractivity contribution in [2.75, 3.05) is 13.2 Å². The molecule has 0 amide bonds. The van der Waals surface area contributed by atoms with Crippen LogP contribution >= 0.6 is 7.82 Å². The highest BCUT2D eigenvalue weighted by atomic mass is 31.2. The van der Waals surface area contributed by atoms with E-state index in [2.05, 4.69) is 74.6 Å². The van der Waals surface area contributed by atoms with Gasteiger partial charge in [-0.3, -0.25) is 18.6 Å². The fourth-order valence-electron chi connectivity index (χ4n) is 8.43. The Morgan fingerprint density at radius 3 is 1.23 bits per heavy atom. The molecule has 1 saturated carbocycles. The van der Waals surface area contributed by atoms with Gasteiger partial charge in [-0.15, -0.1) is 0 Å². The summed E-state index contributed by atoms with van der Waals surface area (Å²) in [6, 6.07) is 0. The molecule has 0 bridgehead atoms. The summed E-state index contributed by atoms with van der Waals surface area (Å²) in [7, 11) is -5.14. The molecule has 0 spiro atoms. The Balaban J connectivity index is 2.36. The number of allylic oxidation sites excluding steroid dienone is 10. The molecular formula is C57H101O13P. The van der Waals surface area contributed by atoms with Crippen molar-refractivity contribution in [3.8, 4) is 0 Å². The van der Waals surface area contributed by atoms with Crippen LogP contribution in [0.5, 0.6) is 0 Å². The molecule has 0 radical (unpaired) electrons. The Kier molecular flexibility index (Phi) is 43.2. The van der Waals surface area contributed by atoms with Crippen molar-refractivity contribution in [2.45, 2.75) is 275 Å². The number of carbonyl (C=O) groups is 2. The van der Waals surface area contributed by atoms with Crippen LogP contribution < -0.4 is 0 Å². The van der Waals surface area contributed by atoms with Crippen molar-refractivity contribution in [1.82, 2.24) is 0 Å². The Hall–Kier alpha value is -2.45. The Bertz CT molecular complexity index is 1470. The number of phosphoric acid groups is 1. The van der Waals surface area contributed by atoms with Crippen LogP contribution in [0, 0.1) is 0 Å². The maximum atomic E-state index is 12.9. The second-order valence-corrected chi connectivity index (χ2v) is 20.8.